The molecular formula is C24H31BrClN3O5S. The van der Waals surface area contributed by atoms with E-state index in [1.807, 2.05) is 45.0 Å². The van der Waals surface area contributed by atoms with Crippen LogP contribution >= 0.6 is 27.5 Å². The number of amides is 2. The zero-order valence-electron chi connectivity index (χ0n) is 20.6. The maximum atomic E-state index is 13.5. The summed E-state index contributed by atoms with van der Waals surface area (Å²) < 4.78 is 32.2. The van der Waals surface area contributed by atoms with E-state index in [4.69, 9.17) is 16.3 Å². The predicted molar refractivity (Wildman–Crippen MR) is 142 cm³/mol. The number of carbonyl (C=O) groups excluding carboxylic acids is 2. The average molecular weight is 589 g/mol. The van der Waals surface area contributed by atoms with Crippen molar-refractivity contribution in [1.29, 1.82) is 0 Å². The molecule has 0 aliphatic heterocycles. The van der Waals surface area contributed by atoms with Gasteiger partial charge in [-0.2, -0.15) is 0 Å². The molecule has 2 amide bonds. The molecule has 0 unspecified atom stereocenters. The Labute approximate surface area is 220 Å². The van der Waals surface area contributed by atoms with Gasteiger partial charge in [0, 0.05) is 16.6 Å². The van der Waals surface area contributed by atoms with E-state index < -0.39 is 34.1 Å². The maximum Gasteiger partial charge on any atom is 0.244 e. The first-order valence-corrected chi connectivity index (χ1v) is 13.8. The number of sulfonamides is 1. The number of hydrogen-bond donors (Lipinski definition) is 1. The summed E-state index contributed by atoms with van der Waals surface area (Å²) in [5.41, 5.74) is 0.494. The van der Waals surface area contributed by atoms with Gasteiger partial charge in [0.05, 0.1) is 24.1 Å². The van der Waals surface area contributed by atoms with E-state index in [1.165, 1.54) is 30.2 Å². The highest BCUT2D eigenvalue weighted by Gasteiger charge is 2.31. The van der Waals surface area contributed by atoms with Gasteiger partial charge in [-0.05, 0) is 63.6 Å². The molecule has 2 aromatic rings. The third-order valence-corrected chi connectivity index (χ3v) is 7.00. The monoisotopic (exact) mass is 587 g/mol. The van der Waals surface area contributed by atoms with Gasteiger partial charge in [0.15, 0.2) is 0 Å². The summed E-state index contributed by atoms with van der Waals surface area (Å²) in [5.74, 6) is -0.511. The van der Waals surface area contributed by atoms with Crippen LogP contribution in [0, 0.1) is 0 Å². The number of methoxy groups -OCH3 is 1. The van der Waals surface area contributed by atoms with E-state index in [1.54, 1.807) is 6.92 Å². The van der Waals surface area contributed by atoms with E-state index in [0.717, 1.165) is 20.6 Å². The summed E-state index contributed by atoms with van der Waals surface area (Å²) in [6.07, 6.45) is 1.01. The Hall–Kier alpha value is -2.30. The number of rotatable bonds is 9. The summed E-state index contributed by atoms with van der Waals surface area (Å²) in [5, 5.41) is 3.09. The van der Waals surface area contributed by atoms with Crippen LogP contribution in [0.5, 0.6) is 5.75 Å². The van der Waals surface area contributed by atoms with Gasteiger partial charge in [0.2, 0.25) is 21.8 Å². The minimum absolute atomic E-state index is 0.117. The fourth-order valence-corrected chi connectivity index (χ4v) is 4.63. The number of nitrogens with zero attached hydrogens (tertiary/aromatic N) is 2. The highest BCUT2D eigenvalue weighted by Crippen LogP contribution is 2.30. The van der Waals surface area contributed by atoms with E-state index in [9.17, 15) is 18.0 Å². The summed E-state index contributed by atoms with van der Waals surface area (Å²) in [6.45, 7) is 6.76. The molecule has 0 radical (unpaired) electrons. The molecule has 0 aromatic heterocycles. The van der Waals surface area contributed by atoms with Crippen LogP contribution in [0.1, 0.15) is 33.3 Å². The first-order valence-electron chi connectivity index (χ1n) is 10.8. The molecule has 2 aromatic carbocycles. The van der Waals surface area contributed by atoms with Gasteiger partial charge < -0.3 is 15.0 Å². The van der Waals surface area contributed by atoms with Crippen LogP contribution in [-0.4, -0.2) is 56.6 Å². The lowest BCUT2D eigenvalue weighted by molar-refractivity contribution is -0.140. The summed E-state index contributed by atoms with van der Waals surface area (Å²) >= 11 is 9.58. The molecule has 2 rings (SSSR count). The van der Waals surface area contributed by atoms with Crippen LogP contribution < -0.4 is 14.4 Å². The minimum Gasteiger partial charge on any atom is -0.495 e. The van der Waals surface area contributed by atoms with Crippen molar-refractivity contribution in [2.75, 3.05) is 24.2 Å². The van der Waals surface area contributed by atoms with Crippen LogP contribution in [0.3, 0.4) is 0 Å². The zero-order chi connectivity index (χ0) is 26.6. The van der Waals surface area contributed by atoms with Crippen molar-refractivity contribution in [3.63, 3.8) is 0 Å². The van der Waals surface area contributed by atoms with Gasteiger partial charge in [-0.1, -0.05) is 39.7 Å². The lowest BCUT2D eigenvalue weighted by Gasteiger charge is -2.33. The van der Waals surface area contributed by atoms with Crippen LogP contribution in [0.15, 0.2) is 46.9 Å². The van der Waals surface area contributed by atoms with Crippen LogP contribution in [0.25, 0.3) is 0 Å². The van der Waals surface area contributed by atoms with Crippen LogP contribution in [0.2, 0.25) is 5.02 Å². The molecule has 0 spiro atoms. The molecule has 35 heavy (non-hydrogen) atoms. The number of benzene rings is 2. The fourth-order valence-electron chi connectivity index (χ4n) is 3.27. The number of ether oxygens (including phenoxy) is 1. The van der Waals surface area contributed by atoms with Crippen LogP contribution in [-0.2, 0) is 26.2 Å². The Morgan fingerprint density at radius 3 is 2.23 bits per heavy atom. The first kappa shape index (κ1) is 28.9. The molecule has 1 atom stereocenters. The van der Waals surface area contributed by atoms with Gasteiger partial charge >= 0.3 is 0 Å². The summed E-state index contributed by atoms with van der Waals surface area (Å²) in [6, 6.07) is 10.9. The van der Waals surface area contributed by atoms with Gasteiger partial charge in [-0.3, -0.25) is 13.9 Å². The number of carbonyl (C=O) groups is 2. The van der Waals surface area contributed by atoms with E-state index >= 15 is 0 Å². The molecule has 11 heteroatoms. The topological polar surface area (TPSA) is 96.0 Å². The Balaban J connectivity index is 2.42. The van der Waals surface area contributed by atoms with Crippen molar-refractivity contribution in [3.8, 4) is 5.75 Å². The third kappa shape index (κ3) is 8.40. The zero-order valence-corrected chi connectivity index (χ0v) is 23.8. The normalized spacial score (nSPS) is 12.6. The molecule has 0 saturated carbocycles. The van der Waals surface area contributed by atoms with Gasteiger partial charge in [-0.15, -0.1) is 0 Å². The van der Waals surface area contributed by atoms with E-state index in [-0.39, 0.29) is 23.2 Å². The molecule has 0 saturated heterocycles. The molecular weight excluding hydrogens is 558 g/mol. The lowest BCUT2D eigenvalue weighted by Crippen LogP contribution is -2.54. The Bertz CT molecular complexity index is 1170. The smallest absolute Gasteiger partial charge is 0.244 e. The Kier molecular flexibility index (Phi) is 9.61. The van der Waals surface area contributed by atoms with Gasteiger partial charge in [-0.25, -0.2) is 8.42 Å². The standard InChI is InChI=1S/C24H31BrClN3O5S/c1-16(23(31)27-24(2,3)4)28(14-17-7-9-18(25)10-8-17)22(30)15-29(35(6,32)33)19-11-12-21(34-5)20(26)13-19/h7-13,16H,14-15H2,1-6H3,(H,27,31)/t16-/m1/s1. The number of nitrogens with one attached hydrogen (secondary N) is 1. The fraction of sp³-hybridized carbons (Fsp3) is 0.417. The van der Waals surface area contributed by atoms with Crippen molar-refractivity contribution in [3.05, 3.63) is 57.5 Å². The second-order valence-corrected chi connectivity index (χ2v) is 12.4. The van der Waals surface area contributed by atoms with Gasteiger partial charge in [0.25, 0.3) is 0 Å². The molecule has 8 nitrogen and oxygen atoms in total. The molecule has 0 aliphatic rings. The molecule has 0 fully saturated rings. The number of halogens is 2. The quantitative estimate of drug-likeness (QED) is 0.474. The maximum absolute atomic E-state index is 13.5. The molecule has 0 heterocycles. The third-order valence-electron chi connectivity index (χ3n) is 5.03. The van der Waals surface area contributed by atoms with Crippen molar-refractivity contribution in [1.82, 2.24) is 10.2 Å². The highest BCUT2D eigenvalue weighted by atomic mass is 79.9. The van der Waals surface area contributed by atoms with Crippen molar-refractivity contribution in [2.45, 2.75) is 45.8 Å². The molecule has 0 aliphatic carbocycles. The second-order valence-electron chi connectivity index (χ2n) is 9.15. The van der Waals surface area contributed by atoms with Crippen molar-refractivity contribution < 1.29 is 22.7 Å². The van der Waals surface area contributed by atoms with E-state index in [0.29, 0.717) is 5.75 Å². The lowest BCUT2D eigenvalue weighted by atomic mass is 10.1. The minimum atomic E-state index is -3.86. The van der Waals surface area contributed by atoms with Crippen LogP contribution in [0.4, 0.5) is 5.69 Å². The van der Waals surface area contributed by atoms with Crippen molar-refractivity contribution >= 4 is 55.1 Å². The molecule has 1 N–H and O–H groups in total. The highest BCUT2D eigenvalue weighted by molar-refractivity contribution is 9.10. The van der Waals surface area contributed by atoms with E-state index in [2.05, 4.69) is 21.2 Å². The average Bonchev–Trinajstić information content (AvgIpc) is 2.74. The Morgan fingerprint density at radius 1 is 1.14 bits per heavy atom. The second kappa shape index (κ2) is 11.6. The summed E-state index contributed by atoms with van der Waals surface area (Å²) in [4.78, 5) is 27.8. The van der Waals surface area contributed by atoms with Crippen molar-refractivity contribution in [2.24, 2.45) is 0 Å². The molecule has 0 bridgehead atoms. The molecule has 192 valence electrons. The largest absolute Gasteiger partial charge is 0.495 e. The first-order chi connectivity index (χ1) is 16.1. The Morgan fingerprint density at radius 2 is 1.74 bits per heavy atom. The predicted octanol–water partition coefficient (Wildman–Crippen LogP) is 4.21. The SMILES string of the molecule is COc1ccc(N(CC(=O)N(Cc2ccc(Br)cc2)[C@H](C)C(=O)NC(C)(C)C)S(C)(=O)=O)cc1Cl. The summed E-state index contributed by atoms with van der Waals surface area (Å²) in [7, 11) is -2.41. The number of anilines is 1. The van der Waals surface area contributed by atoms with Gasteiger partial charge in [0.1, 0.15) is 18.3 Å². The number of hydrogen-bond acceptors (Lipinski definition) is 5.